The molecule has 4 N–H and O–H groups in total. The third kappa shape index (κ3) is 4.04. The molecule has 35 heavy (non-hydrogen) atoms. The van der Waals surface area contributed by atoms with Crippen molar-refractivity contribution < 1.29 is 24.5 Å². The normalized spacial score (nSPS) is 14.4. The highest BCUT2D eigenvalue weighted by atomic mass is 32.1. The Labute approximate surface area is 208 Å². The third-order valence-electron chi connectivity index (χ3n) is 6.35. The van der Waals surface area contributed by atoms with Crippen molar-refractivity contribution in [2.24, 2.45) is 0 Å². The van der Waals surface area contributed by atoms with Crippen molar-refractivity contribution in [3.8, 4) is 23.0 Å². The minimum atomic E-state index is -1.27. The molecule has 0 atom stereocenters. The molecule has 3 aromatic carbocycles. The van der Waals surface area contributed by atoms with Crippen LogP contribution in [0.1, 0.15) is 59.7 Å². The van der Waals surface area contributed by atoms with Gasteiger partial charge in [-0.15, -0.1) is 0 Å². The van der Waals surface area contributed by atoms with E-state index in [1.54, 1.807) is 18.2 Å². The molecule has 0 saturated heterocycles. The molecule has 7 nitrogen and oxygen atoms in total. The van der Waals surface area contributed by atoms with Gasteiger partial charge in [-0.25, -0.2) is 4.79 Å². The van der Waals surface area contributed by atoms with Gasteiger partial charge in [0.05, 0.1) is 5.56 Å². The molecule has 0 aliphatic carbocycles. The first kappa shape index (κ1) is 23.0. The van der Waals surface area contributed by atoms with Gasteiger partial charge in [0.1, 0.15) is 23.0 Å². The van der Waals surface area contributed by atoms with Crippen molar-refractivity contribution in [3.63, 3.8) is 0 Å². The fraction of sp³-hybridized carbons (Fsp3) is 0.259. The fourth-order valence-corrected chi connectivity index (χ4v) is 4.93. The maximum atomic E-state index is 13.2. The van der Waals surface area contributed by atoms with E-state index >= 15 is 0 Å². The minimum Gasteiger partial charge on any atom is -0.508 e. The van der Waals surface area contributed by atoms with Gasteiger partial charge in [-0.05, 0) is 55.0 Å². The molecule has 2 aliphatic heterocycles. The smallest absolute Gasteiger partial charge is 0.340 e. The second-order valence-electron chi connectivity index (χ2n) is 8.74. The molecule has 0 fully saturated rings. The molecule has 180 valence electrons. The highest BCUT2D eigenvalue weighted by Crippen LogP contribution is 2.57. The first-order chi connectivity index (χ1) is 16.9. The van der Waals surface area contributed by atoms with E-state index in [1.165, 1.54) is 37.1 Å². The number of unbranched alkanes of at least 4 members (excludes halogenated alkanes) is 3. The van der Waals surface area contributed by atoms with E-state index in [-0.39, 0.29) is 11.5 Å². The second-order valence-corrected chi connectivity index (χ2v) is 9.14. The lowest BCUT2D eigenvalue weighted by Gasteiger charge is -2.36. The summed E-state index contributed by atoms with van der Waals surface area (Å²) in [7, 11) is 0. The molecule has 3 aromatic rings. The molecule has 0 bridgehead atoms. The zero-order chi connectivity index (χ0) is 24.6. The Hall–Kier alpha value is -3.78. The predicted molar refractivity (Wildman–Crippen MR) is 136 cm³/mol. The lowest BCUT2D eigenvalue weighted by atomic mass is 9.77. The van der Waals surface area contributed by atoms with Crippen molar-refractivity contribution in [2.45, 2.75) is 38.2 Å². The van der Waals surface area contributed by atoms with E-state index in [0.29, 0.717) is 44.6 Å². The van der Waals surface area contributed by atoms with Crippen molar-refractivity contribution in [2.75, 3.05) is 11.9 Å². The Morgan fingerprint density at radius 3 is 2.23 bits per heavy atom. The monoisotopic (exact) mass is 490 g/mol. The summed E-state index contributed by atoms with van der Waals surface area (Å²) in [6, 6.07) is 14.8. The van der Waals surface area contributed by atoms with Crippen molar-refractivity contribution in [3.05, 3.63) is 76.9 Å². The average Bonchev–Trinajstić information content (AvgIpc) is 3.11. The molecule has 8 heteroatoms. The van der Waals surface area contributed by atoms with Crippen LogP contribution >= 0.6 is 12.2 Å². The summed E-state index contributed by atoms with van der Waals surface area (Å²) >= 11 is 5.42. The molecule has 5 rings (SSSR count). The molecule has 2 aliphatic rings. The summed E-state index contributed by atoms with van der Waals surface area (Å²) in [6.45, 7) is 2.96. The van der Waals surface area contributed by atoms with Crippen LogP contribution in [0, 0.1) is 0 Å². The second kappa shape index (κ2) is 9.11. The van der Waals surface area contributed by atoms with Crippen LogP contribution in [0.25, 0.3) is 0 Å². The SMILES string of the molecule is CCCCCCNC(=S)Nc1ccc2c(c1)C(=O)OC21c2ccc(O)cc2Oc2cc(O)ccc21. The van der Waals surface area contributed by atoms with Gasteiger partial charge in [0.2, 0.25) is 0 Å². The minimum absolute atomic E-state index is 0.0160. The maximum absolute atomic E-state index is 13.2. The Morgan fingerprint density at radius 2 is 1.57 bits per heavy atom. The standard InChI is InChI=1S/C27H26N2O5S/c1-2-3-4-5-12-28-26(35)29-16-6-9-20-19(13-16)25(32)34-27(20)21-10-7-17(30)14-23(21)33-24-15-18(31)8-11-22(24)27/h6-11,13-15,30-31H,2-5,12H2,1H3,(H2,28,29,35). The number of anilines is 1. The third-order valence-corrected chi connectivity index (χ3v) is 6.59. The van der Waals surface area contributed by atoms with Crippen LogP contribution in [0.3, 0.4) is 0 Å². The van der Waals surface area contributed by atoms with E-state index < -0.39 is 11.6 Å². The summed E-state index contributed by atoms with van der Waals surface area (Å²) in [5.74, 6) is 0.241. The van der Waals surface area contributed by atoms with E-state index in [1.807, 2.05) is 12.1 Å². The van der Waals surface area contributed by atoms with Gasteiger partial charge in [-0.3, -0.25) is 0 Å². The quantitative estimate of drug-likeness (QED) is 0.203. The number of nitrogens with one attached hydrogen (secondary N) is 2. The summed E-state index contributed by atoms with van der Waals surface area (Å²) < 4.78 is 12.1. The number of esters is 1. The van der Waals surface area contributed by atoms with Crippen LogP contribution in [0.15, 0.2) is 54.6 Å². The molecule has 2 heterocycles. The molecule has 0 radical (unpaired) electrons. The number of benzene rings is 3. The van der Waals surface area contributed by atoms with E-state index in [2.05, 4.69) is 17.6 Å². The van der Waals surface area contributed by atoms with Crippen molar-refractivity contribution in [1.29, 1.82) is 0 Å². The van der Waals surface area contributed by atoms with Crippen molar-refractivity contribution >= 4 is 29.0 Å². The molecule has 0 aromatic heterocycles. The van der Waals surface area contributed by atoms with Crippen LogP contribution in [0.2, 0.25) is 0 Å². The first-order valence-corrected chi connectivity index (χ1v) is 12.1. The summed E-state index contributed by atoms with van der Waals surface area (Å²) in [5.41, 5.74) is 1.63. The largest absolute Gasteiger partial charge is 0.508 e. The van der Waals surface area contributed by atoms with Gasteiger partial charge in [0, 0.05) is 41.1 Å². The van der Waals surface area contributed by atoms with Crippen LogP contribution in [-0.2, 0) is 10.3 Å². The number of phenolic OH excluding ortho intramolecular Hbond substituents is 2. The Bertz CT molecular complexity index is 1270. The van der Waals surface area contributed by atoms with Gasteiger partial charge in [0.15, 0.2) is 10.7 Å². The van der Waals surface area contributed by atoms with Gasteiger partial charge in [-0.1, -0.05) is 32.3 Å². The maximum Gasteiger partial charge on any atom is 0.340 e. The number of thiocarbonyl (C=S) groups is 1. The highest BCUT2D eigenvalue weighted by Gasteiger charge is 2.53. The number of fused-ring (bicyclic) bond motifs is 6. The van der Waals surface area contributed by atoms with Crippen LogP contribution in [-0.4, -0.2) is 27.8 Å². The van der Waals surface area contributed by atoms with E-state index in [0.717, 1.165) is 19.4 Å². The van der Waals surface area contributed by atoms with Crippen LogP contribution in [0.5, 0.6) is 23.0 Å². The van der Waals surface area contributed by atoms with E-state index in [9.17, 15) is 15.0 Å². The molecule has 0 amide bonds. The summed E-state index contributed by atoms with van der Waals surface area (Å²) in [6.07, 6.45) is 4.58. The average molecular weight is 491 g/mol. The number of carbonyl (C=O) groups excluding carboxylic acids is 1. The number of hydrogen-bond acceptors (Lipinski definition) is 6. The molecule has 1 spiro atoms. The fourth-order valence-electron chi connectivity index (χ4n) is 4.71. The van der Waals surface area contributed by atoms with E-state index in [4.69, 9.17) is 21.7 Å². The van der Waals surface area contributed by atoms with Crippen LogP contribution in [0.4, 0.5) is 5.69 Å². The van der Waals surface area contributed by atoms with Crippen LogP contribution < -0.4 is 15.4 Å². The molecular weight excluding hydrogens is 464 g/mol. The summed E-state index contributed by atoms with van der Waals surface area (Å²) in [5, 5.41) is 26.9. The van der Waals surface area contributed by atoms with Gasteiger partial charge in [-0.2, -0.15) is 0 Å². The lowest BCUT2D eigenvalue weighted by molar-refractivity contribution is 0.0224. The number of rotatable bonds is 6. The Morgan fingerprint density at radius 1 is 0.914 bits per heavy atom. The number of carbonyl (C=O) groups is 1. The van der Waals surface area contributed by atoms with Gasteiger partial charge < -0.3 is 30.3 Å². The lowest BCUT2D eigenvalue weighted by Crippen LogP contribution is -2.33. The highest BCUT2D eigenvalue weighted by molar-refractivity contribution is 7.80. The zero-order valence-electron chi connectivity index (χ0n) is 19.3. The molecular formula is C27H26N2O5S. The Kier molecular flexibility index (Phi) is 5.98. The zero-order valence-corrected chi connectivity index (χ0v) is 20.1. The molecule has 0 saturated carbocycles. The predicted octanol–water partition coefficient (Wildman–Crippen LogP) is 5.53. The number of aromatic hydroxyl groups is 2. The topological polar surface area (TPSA) is 100 Å². The molecule has 0 unspecified atom stereocenters. The Balaban J connectivity index is 1.50. The van der Waals surface area contributed by atoms with Gasteiger partial charge >= 0.3 is 5.97 Å². The first-order valence-electron chi connectivity index (χ1n) is 11.7. The van der Waals surface area contributed by atoms with Crippen molar-refractivity contribution in [1.82, 2.24) is 5.32 Å². The number of phenols is 2. The summed E-state index contributed by atoms with van der Waals surface area (Å²) in [4.78, 5) is 13.2. The van der Waals surface area contributed by atoms with Gasteiger partial charge in [0.25, 0.3) is 0 Å². The number of hydrogen-bond donors (Lipinski definition) is 4. The number of ether oxygens (including phenoxy) is 2.